The van der Waals surface area contributed by atoms with E-state index in [2.05, 4.69) is 27.7 Å². The first-order chi connectivity index (χ1) is 14.8. The van der Waals surface area contributed by atoms with Gasteiger partial charge in [0.15, 0.2) is 5.79 Å². The van der Waals surface area contributed by atoms with Gasteiger partial charge in [-0.2, -0.15) is 0 Å². The standard InChI is InChI=1S/C28H46O3/c1-17-8-13-28(30-16-17)18(2)25-24(31-28)15-23-21-7-6-19-14-20(29-5)9-11-26(19,3)22(21)10-12-27(23,25)4/h17-25H,6-16H2,1-5H3/t17-,18+,19+,20+,21-,22+,23+,24+,25+,26+,27+,28-/m1/s1. The number of rotatable bonds is 1. The highest BCUT2D eigenvalue weighted by Crippen LogP contribution is 2.71. The predicted molar refractivity (Wildman–Crippen MR) is 123 cm³/mol. The van der Waals surface area contributed by atoms with Crippen molar-refractivity contribution in [2.24, 2.45) is 52.3 Å². The van der Waals surface area contributed by atoms with Crippen LogP contribution in [0.15, 0.2) is 0 Å². The van der Waals surface area contributed by atoms with Crippen molar-refractivity contribution in [1.29, 1.82) is 0 Å². The molecule has 31 heavy (non-hydrogen) atoms. The van der Waals surface area contributed by atoms with E-state index < -0.39 is 0 Å². The molecule has 0 radical (unpaired) electrons. The maximum Gasteiger partial charge on any atom is 0.171 e. The number of ether oxygens (including phenoxy) is 3. The average molecular weight is 431 g/mol. The van der Waals surface area contributed by atoms with Crippen molar-refractivity contribution < 1.29 is 14.2 Å². The SMILES string of the molecule is CO[C@H]1CC[C@@]2(C)[C@@H](CC[C@@H]3[C@@H]2CC[C@]2(C)[C@@H]4[C@H](C[C@@H]32)O[C@]2(CC[C@@H](C)CO2)[C@H]4C)C1. The molecule has 0 aromatic carbocycles. The summed E-state index contributed by atoms with van der Waals surface area (Å²) < 4.78 is 19.2. The molecule has 2 heterocycles. The maximum absolute atomic E-state index is 6.93. The highest BCUT2D eigenvalue weighted by atomic mass is 16.7. The van der Waals surface area contributed by atoms with Crippen LogP contribution in [0.25, 0.3) is 0 Å². The van der Waals surface area contributed by atoms with Crippen LogP contribution in [0, 0.1) is 52.3 Å². The van der Waals surface area contributed by atoms with E-state index in [-0.39, 0.29) is 5.79 Å². The zero-order valence-corrected chi connectivity index (χ0v) is 20.7. The molecule has 0 unspecified atom stereocenters. The van der Waals surface area contributed by atoms with Gasteiger partial charge in [0.2, 0.25) is 0 Å². The van der Waals surface area contributed by atoms with Crippen molar-refractivity contribution in [3.8, 4) is 0 Å². The molecule has 0 bridgehead atoms. The lowest BCUT2D eigenvalue weighted by Gasteiger charge is -2.61. The minimum atomic E-state index is -0.269. The molecule has 4 aliphatic carbocycles. The largest absolute Gasteiger partial charge is 0.381 e. The van der Waals surface area contributed by atoms with Gasteiger partial charge >= 0.3 is 0 Å². The number of fused-ring (bicyclic) bond motifs is 7. The second-order valence-corrected chi connectivity index (χ2v) is 13.3. The first-order valence-corrected chi connectivity index (χ1v) is 13.7. The third-order valence-electron chi connectivity index (χ3n) is 12.2. The Morgan fingerprint density at radius 1 is 0.839 bits per heavy atom. The highest BCUT2D eigenvalue weighted by molar-refractivity contribution is 5.15. The van der Waals surface area contributed by atoms with Crippen molar-refractivity contribution in [1.82, 2.24) is 0 Å². The summed E-state index contributed by atoms with van der Waals surface area (Å²) in [5, 5.41) is 0. The van der Waals surface area contributed by atoms with E-state index in [9.17, 15) is 0 Å². The summed E-state index contributed by atoms with van der Waals surface area (Å²) in [5.74, 6) is 5.25. The summed E-state index contributed by atoms with van der Waals surface area (Å²) >= 11 is 0. The number of hydrogen-bond acceptors (Lipinski definition) is 3. The second kappa shape index (κ2) is 7.19. The molecule has 6 aliphatic rings. The summed E-state index contributed by atoms with van der Waals surface area (Å²) in [6.45, 7) is 11.0. The van der Waals surface area contributed by atoms with Crippen LogP contribution in [0.5, 0.6) is 0 Å². The molecule has 3 nitrogen and oxygen atoms in total. The van der Waals surface area contributed by atoms with Crippen LogP contribution < -0.4 is 0 Å². The lowest BCUT2D eigenvalue weighted by molar-refractivity contribution is -0.273. The Morgan fingerprint density at radius 2 is 1.65 bits per heavy atom. The zero-order chi connectivity index (χ0) is 21.6. The summed E-state index contributed by atoms with van der Waals surface area (Å²) in [6.07, 6.45) is 14.3. The van der Waals surface area contributed by atoms with Crippen molar-refractivity contribution >= 4 is 0 Å². The van der Waals surface area contributed by atoms with Gasteiger partial charge in [0.25, 0.3) is 0 Å². The molecule has 0 aromatic heterocycles. The normalized spacial score (nSPS) is 60.9. The Balaban J connectivity index is 1.24. The fourth-order valence-corrected chi connectivity index (χ4v) is 10.5. The van der Waals surface area contributed by atoms with Crippen LogP contribution >= 0.6 is 0 Å². The molecular formula is C28H46O3. The highest BCUT2D eigenvalue weighted by Gasteiger charge is 2.69. The fourth-order valence-electron chi connectivity index (χ4n) is 10.5. The molecule has 4 saturated carbocycles. The van der Waals surface area contributed by atoms with Gasteiger partial charge in [-0.25, -0.2) is 0 Å². The number of methoxy groups -OCH3 is 1. The lowest BCUT2D eigenvalue weighted by Crippen LogP contribution is -2.55. The first kappa shape index (κ1) is 21.4. The average Bonchev–Trinajstić information content (AvgIpc) is 3.20. The minimum absolute atomic E-state index is 0.269. The van der Waals surface area contributed by atoms with Gasteiger partial charge in [-0.05, 0) is 104 Å². The van der Waals surface area contributed by atoms with E-state index >= 15 is 0 Å². The third kappa shape index (κ3) is 2.88. The first-order valence-electron chi connectivity index (χ1n) is 13.7. The molecule has 6 fully saturated rings. The van der Waals surface area contributed by atoms with E-state index in [1.807, 2.05) is 7.11 Å². The maximum atomic E-state index is 6.93. The van der Waals surface area contributed by atoms with Gasteiger partial charge in [0.1, 0.15) is 0 Å². The Labute approximate surface area is 190 Å². The Morgan fingerprint density at radius 3 is 2.39 bits per heavy atom. The summed E-state index contributed by atoms with van der Waals surface area (Å²) in [6, 6.07) is 0. The third-order valence-corrected chi connectivity index (χ3v) is 12.2. The van der Waals surface area contributed by atoms with Crippen LogP contribution in [-0.4, -0.2) is 31.7 Å². The van der Waals surface area contributed by atoms with Gasteiger partial charge in [-0.1, -0.05) is 27.7 Å². The van der Waals surface area contributed by atoms with Crippen molar-refractivity contribution in [3.05, 3.63) is 0 Å². The quantitative estimate of drug-likeness (QED) is 0.478. The zero-order valence-electron chi connectivity index (χ0n) is 20.7. The minimum Gasteiger partial charge on any atom is -0.381 e. The molecule has 1 spiro atoms. The van der Waals surface area contributed by atoms with Gasteiger partial charge in [-0.3, -0.25) is 0 Å². The second-order valence-electron chi connectivity index (χ2n) is 13.3. The van der Waals surface area contributed by atoms with Crippen LogP contribution in [-0.2, 0) is 14.2 Å². The molecule has 0 N–H and O–H groups in total. The van der Waals surface area contributed by atoms with Crippen LogP contribution in [0.3, 0.4) is 0 Å². The Hall–Kier alpha value is -0.120. The molecule has 0 aromatic rings. The fraction of sp³-hybridized carbons (Fsp3) is 1.00. The van der Waals surface area contributed by atoms with Crippen molar-refractivity contribution in [3.63, 3.8) is 0 Å². The van der Waals surface area contributed by atoms with Gasteiger partial charge in [0, 0.05) is 19.4 Å². The molecule has 6 rings (SSSR count). The van der Waals surface area contributed by atoms with Crippen molar-refractivity contribution in [2.75, 3.05) is 13.7 Å². The lowest BCUT2D eigenvalue weighted by atomic mass is 9.44. The van der Waals surface area contributed by atoms with E-state index in [0.717, 1.165) is 36.7 Å². The topological polar surface area (TPSA) is 27.7 Å². The van der Waals surface area contributed by atoms with Crippen LogP contribution in [0.4, 0.5) is 0 Å². The van der Waals surface area contributed by atoms with Gasteiger partial charge < -0.3 is 14.2 Å². The smallest absolute Gasteiger partial charge is 0.171 e. The molecule has 2 aliphatic heterocycles. The molecule has 2 saturated heterocycles. The van der Waals surface area contributed by atoms with E-state index in [1.165, 1.54) is 57.8 Å². The van der Waals surface area contributed by atoms with Gasteiger partial charge in [-0.15, -0.1) is 0 Å². The summed E-state index contributed by atoms with van der Waals surface area (Å²) in [4.78, 5) is 0. The monoisotopic (exact) mass is 430 g/mol. The number of hydrogen-bond donors (Lipinski definition) is 0. The van der Waals surface area contributed by atoms with Gasteiger partial charge in [0.05, 0.1) is 18.8 Å². The van der Waals surface area contributed by atoms with Crippen LogP contribution in [0.2, 0.25) is 0 Å². The van der Waals surface area contributed by atoms with E-state index in [4.69, 9.17) is 14.2 Å². The molecule has 12 atom stereocenters. The Bertz CT molecular complexity index is 698. The van der Waals surface area contributed by atoms with Crippen molar-refractivity contribution in [2.45, 2.75) is 110 Å². The molecular weight excluding hydrogens is 384 g/mol. The molecule has 176 valence electrons. The molecule has 3 heteroatoms. The summed E-state index contributed by atoms with van der Waals surface area (Å²) in [7, 11) is 1.92. The predicted octanol–water partition coefficient (Wildman–Crippen LogP) is 6.45. The van der Waals surface area contributed by atoms with Crippen LogP contribution in [0.1, 0.15) is 91.9 Å². The summed E-state index contributed by atoms with van der Waals surface area (Å²) in [5.41, 5.74) is 1.00. The Kier molecular flexibility index (Phi) is 4.97. The van der Waals surface area contributed by atoms with E-state index in [1.54, 1.807) is 0 Å². The molecule has 0 amide bonds. The van der Waals surface area contributed by atoms with E-state index in [0.29, 0.717) is 40.8 Å².